The summed E-state index contributed by atoms with van der Waals surface area (Å²) in [5, 5.41) is 20.2. The second-order valence-electron chi connectivity index (χ2n) is 6.82. The van der Waals surface area contributed by atoms with Crippen LogP contribution in [0.4, 0.5) is 13.2 Å². The van der Waals surface area contributed by atoms with E-state index in [1.54, 1.807) is 26.8 Å². The molecular weight excluding hydrogens is 502 g/mol. The zero-order valence-electron chi connectivity index (χ0n) is 17.0. The average molecular weight is 529 g/mol. The zero-order chi connectivity index (χ0) is 21.1. The Morgan fingerprint density at radius 3 is 2.48 bits per heavy atom. The molecule has 0 saturated heterocycles. The second-order valence-corrected chi connectivity index (χ2v) is 6.82. The average Bonchev–Trinajstić information content (AvgIpc) is 3.12. The molecule has 2 aromatic heterocycles. The summed E-state index contributed by atoms with van der Waals surface area (Å²) in [7, 11) is 1.43. The number of rotatable bonds is 6. The number of aromatic nitrogens is 2. The van der Waals surface area contributed by atoms with E-state index in [9.17, 15) is 18.3 Å². The highest BCUT2D eigenvalue weighted by molar-refractivity contribution is 14.0. The van der Waals surface area contributed by atoms with Crippen LogP contribution >= 0.6 is 24.0 Å². The number of nitrogens with zero attached hydrogens (tertiary/aromatic N) is 3. The fraction of sp³-hybridized carbons (Fsp3) is 0.556. The number of aliphatic imine (C=N–C) groups is 1. The summed E-state index contributed by atoms with van der Waals surface area (Å²) in [4.78, 5) is 4.20. The van der Waals surface area contributed by atoms with Gasteiger partial charge in [0.25, 0.3) is 0 Å². The summed E-state index contributed by atoms with van der Waals surface area (Å²) < 4.78 is 45.8. The molecule has 11 heteroatoms. The normalized spacial score (nSPS) is 14.3. The van der Waals surface area contributed by atoms with Crippen LogP contribution in [0.3, 0.4) is 0 Å². The van der Waals surface area contributed by atoms with Crippen LogP contribution in [0.5, 0.6) is 0 Å². The van der Waals surface area contributed by atoms with Crippen LogP contribution in [0, 0.1) is 13.8 Å². The number of aliphatic hydroxyl groups is 1. The van der Waals surface area contributed by atoms with E-state index in [1.165, 1.54) is 13.2 Å². The van der Waals surface area contributed by atoms with Gasteiger partial charge in [0.1, 0.15) is 17.1 Å². The van der Waals surface area contributed by atoms with Crippen LogP contribution in [0.15, 0.2) is 21.7 Å². The fourth-order valence-electron chi connectivity index (χ4n) is 2.91. The van der Waals surface area contributed by atoms with Gasteiger partial charge in [-0.25, -0.2) is 4.99 Å². The van der Waals surface area contributed by atoms with Crippen molar-refractivity contribution in [1.82, 2.24) is 20.4 Å². The van der Waals surface area contributed by atoms with Crippen molar-refractivity contribution in [2.75, 3.05) is 13.1 Å². The summed E-state index contributed by atoms with van der Waals surface area (Å²) in [6.45, 7) is 7.42. The number of guanidine groups is 1. The SMILES string of the molecule is CCNC(=NCc1cn(C)nc1C(F)(F)F)NCC(C)(O)c1cc(C)oc1C.I. The molecule has 0 spiro atoms. The molecule has 0 radical (unpaired) electrons. The van der Waals surface area contributed by atoms with Crippen LogP contribution < -0.4 is 10.6 Å². The van der Waals surface area contributed by atoms with E-state index >= 15 is 0 Å². The lowest BCUT2D eigenvalue weighted by molar-refractivity contribution is -0.142. The van der Waals surface area contributed by atoms with Crippen molar-refractivity contribution in [2.24, 2.45) is 12.0 Å². The molecule has 0 bridgehead atoms. The third-order valence-electron chi connectivity index (χ3n) is 4.15. The number of hydrogen-bond acceptors (Lipinski definition) is 4. The first-order chi connectivity index (χ1) is 12.9. The number of alkyl halides is 3. The molecule has 0 saturated carbocycles. The molecule has 0 aliphatic heterocycles. The molecule has 2 heterocycles. The number of nitrogens with one attached hydrogen (secondary N) is 2. The van der Waals surface area contributed by atoms with Gasteiger partial charge in [-0.05, 0) is 33.8 Å². The molecule has 0 aromatic carbocycles. The van der Waals surface area contributed by atoms with Gasteiger partial charge in [0, 0.05) is 30.9 Å². The minimum absolute atomic E-state index is 0. The maximum Gasteiger partial charge on any atom is 0.435 e. The van der Waals surface area contributed by atoms with Crippen molar-refractivity contribution >= 4 is 29.9 Å². The molecule has 0 amide bonds. The third-order valence-corrected chi connectivity index (χ3v) is 4.15. The highest BCUT2D eigenvalue weighted by atomic mass is 127. The Kier molecular flexibility index (Phi) is 8.57. The Bertz CT molecular complexity index is 843. The molecule has 0 fully saturated rings. The standard InChI is InChI=1S/C18H26F3N5O2.HI/c1-6-22-16(23-8-13-9-26(5)25-15(13)18(19,20)21)24-10-17(4,27)14-7-11(2)28-12(14)3;/h7,9,27H,6,8,10H2,1-5H3,(H2,22,23,24);1H. The van der Waals surface area contributed by atoms with E-state index in [0.717, 1.165) is 4.68 Å². The Morgan fingerprint density at radius 2 is 1.97 bits per heavy atom. The lowest BCUT2D eigenvalue weighted by Gasteiger charge is -2.24. The summed E-state index contributed by atoms with van der Waals surface area (Å²) in [5.41, 5.74) is -1.59. The van der Waals surface area contributed by atoms with Gasteiger partial charge in [-0.2, -0.15) is 18.3 Å². The Hall–Kier alpha value is -1.76. The van der Waals surface area contributed by atoms with Crippen LogP contribution in [0.1, 0.15) is 42.2 Å². The molecule has 1 atom stereocenters. The monoisotopic (exact) mass is 529 g/mol. The van der Waals surface area contributed by atoms with Crippen LogP contribution in [-0.2, 0) is 25.4 Å². The first-order valence-electron chi connectivity index (χ1n) is 8.86. The quantitative estimate of drug-likeness (QED) is 0.304. The van der Waals surface area contributed by atoms with Gasteiger partial charge in [0.05, 0.1) is 13.1 Å². The van der Waals surface area contributed by atoms with Gasteiger partial charge >= 0.3 is 6.18 Å². The summed E-state index contributed by atoms with van der Waals surface area (Å²) >= 11 is 0. The minimum atomic E-state index is -4.54. The first-order valence-corrected chi connectivity index (χ1v) is 8.86. The zero-order valence-corrected chi connectivity index (χ0v) is 19.3. The van der Waals surface area contributed by atoms with Crippen LogP contribution in [0.2, 0.25) is 0 Å². The van der Waals surface area contributed by atoms with E-state index in [-0.39, 0.29) is 48.6 Å². The van der Waals surface area contributed by atoms with Gasteiger partial charge in [-0.3, -0.25) is 4.68 Å². The van der Waals surface area contributed by atoms with E-state index < -0.39 is 17.5 Å². The highest BCUT2D eigenvalue weighted by Gasteiger charge is 2.36. The van der Waals surface area contributed by atoms with Gasteiger partial charge in [0.15, 0.2) is 11.7 Å². The second kappa shape index (κ2) is 9.83. The largest absolute Gasteiger partial charge is 0.466 e. The summed E-state index contributed by atoms with van der Waals surface area (Å²) in [6, 6.07) is 1.76. The Labute approximate surface area is 184 Å². The molecule has 29 heavy (non-hydrogen) atoms. The Balaban J connectivity index is 0.00000420. The summed E-state index contributed by atoms with van der Waals surface area (Å²) in [6.07, 6.45) is -3.25. The maximum atomic E-state index is 13.1. The molecule has 1 unspecified atom stereocenters. The van der Waals surface area contributed by atoms with Crippen molar-refractivity contribution in [3.63, 3.8) is 0 Å². The van der Waals surface area contributed by atoms with Crippen molar-refractivity contribution in [1.29, 1.82) is 0 Å². The van der Waals surface area contributed by atoms with Gasteiger partial charge in [-0.15, -0.1) is 24.0 Å². The third kappa shape index (κ3) is 6.63. The first kappa shape index (κ1) is 25.3. The minimum Gasteiger partial charge on any atom is -0.466 e. The van der Waals surface area contributed by atoms with E-state index in [0.29, 0.717) is 23.6 Å². The molecule has 0 aliphatic rings. The van der Waals surface area contributed by atoms with Gasteiger partial charge in [-0.1, -0.05) is 0 Å². The molecular formula is C18H27F3IN5O2. The number of furan rings is 1. The number of aryl methyl sites for hydroxylation is 3. The molecule has 2 rings (SSSR count). The lowest BCUT2D eigenvalue weighted by atomic mass is 9.96. The van der Waals surface area contributed by atoms with Crippen molar-refractivity contribution in [3.05, 3.63) is 40.6 Å². The van der Waals surface area contributed by atoms with Gasteiger partial charge < -0.3 is 20.2 Å². The lowest BCUT2D eigenvalue weighted by Crippen LogP contribution is -2.44. The predicted octanol–water partition coefficient (Wildman–Crippen LogP) is 3.23. The highest BCUT2D eigenvalue weighted by Crippen LogP contribution is 2.31. The molecule has 0 aliphatic carbocycles. The number of hydrogen-bond donors (Lipinski definition) is 3. The molecule has 164 valence electrons. The molecule has 2 aromatic rings. The predicted molar refractivity (Wildman–Crippen MR) is 114 cm³/mol. The van der Waals surface area contributed by atoms with Crippen molar-refractivity contribution in [3.8, 4) is 0 Å². The van der Waals surface area contributed by atoms with Crippen LogP contribution in [0.25, 0.3) is 0 Å². The van der Waals surface area contributed by atoms with E-state index in [4.69, 9.17) is 4.42 Å². The maximum absolute atomic E-state index is 13.1. The van der Waals surface area contributed by atoms with E-state index in [1.807, 2.05) is 6.92 Å². The Morgan fingerprint density at radius 1 is 1.31 bits per heavy atom. The van der Waals surface area contributed by atoms with Crippen molar-refractivity contribution < 1.29 is 22.7 Å². The van der Waals surface area contributed by atoms with Crippen LogP contribution in [-0.4, -0.2) is 33.9 Å². The topological polar surface area (TPSA) is 87.6 Å². The molecule has 7 nitrogen and oxygen atoms in total. The van der Waals surface area contributed by atoms with Crippen molar-refractivity contribution in [2.45, 2.75) is 46.0 Å². The molecule has 3 N–H and O–H groups in total. The number of halogens is 4. The fourth-order valence-corrected chi connectivity index (χ4v) is 2.91. The summed E-state index contributed by atoms with van der Waals surface area (Å²) in [5.74, 6) is 1.58. The van der Waals surface area contributed by atoms with E-state index in [2.05, 4.69) is 20.7 Å². The van der Waals surface area contributed by atoms with Gasteiger partial charge in [0.2, 0.25) is 0 Å². The smallest absolute Gasteiger partial charge is 0.435 e.